The Bertz CT molecular complexity index is 1460. The van der Waals surface area contributed by atoms with E-state index < -0.39 is 35.1 Å². The van der Waals surface area contributed by atoms with Gasteiger partial charge in [0.25, 0.3) is 5.91 Å². The standard InChI is InChI=1S/C24H21F4N5O2/c1-11-6-17(32-23(35)21(34)14-7-15(24(26,27)28)9-16(25)8-14)4-5-18(11)19-20-22(29)30-10-12(2)33(20)13(3)31-19/h4-10,21,34H,1-3H3,(H2,29,30)(H,32,35)/t21-/m0/s1. The molecule has 2 aromatic heterocycles. The highest BCUT2D eigenvalue weighted by molar-refractivity contribution is 5.95. The minimum Gasteiger partial charge on any atom is -0.382 e. The van der Waals surface area contributed by atoms with Crippen molar-refractivity contribution in [3.63, 3.8) is 0 Å². The lowest BCUT2D eigenvalue weighted by Crippen LogP contribution is -2.21. The number of alkyl halides is 3. The summed E-state index contributed by atoms with van der Waals surface area (Å²) in [4.78, 5) is 21.3. The Morgan fingerprint density at radius 1 is 1.14 bits per heavy atom. The van der Waals surface area contributed by atoms with Gasteiger partial charge in [-0.25, -0.2) is 14.4 Å². The van der Waals surface area contributed by atoms with E-state index in [1.54, 1.807) is 31.3 Å². The molecule has 0 aliphatic heterocycles. The van der Waals surface area contributed by atoms with Crippen molar-refractivity contribution in [1.29, 1.82) is 0 Å². The Labute approximate surface area is 197 Å². The van der Waals surface area contributed by atoms with Crippen molar-refractivity contribution in [2.45, 2.75) is 33.1 Å². The van der Waals surface area contributed by atoms with Gasteiger partial charge in [0, 0.05) is 23.1 Å². The maximum atomic E-state index is 13.7. The molecule has 7 nitrogen and oxygen atoms in total. The van der Waals surface area contributed by atoms with E-state index in [1.165, 1.54) is 0 Å². The Hall–Kier alpha value is -3.99. The molecular formula is C24H21F4N5O2. The molecule has 1 amide bonds. The fourth-order valence-electron chi connectivity index (χ4n) is 3.97. The van der Waals surface area contributed by atoms with Crippen molar-refractivity contribution in [2.75, 3.05) is 11.1 Å². The number of benzene rings is 2. The van der Waals surface area contributed by atoms with Gasteiger partial charge in [-0.05, 0) is 62.2 Å². The van der Waals surface area contributed by atoms with Crippen LogP contribution in [0.15, 0.2) is 42.6 Å². The zero-order chi connectivity index (χ0) is 25.7. The maximum absolute atomic E-state index is 13.7. The average Bonchev–Trinajstić information content (AvgIpc) is 3.13. The van der Waals surface area contributed by atoms with Crippen LogP contribution in [0.1, 0.15) is 34.3 Å². The molecule has 1 atom stereocenters. The van der Waals surface area contributed by atoms with E-state index in [0.717, 1.165) is 17.1 Å². The number of nitrogens with two attached hydrogens (primary N) is 1. The number of hydrogen-bond acceptors (Lipinski definition) is 5. The average molecular weight is 487 g/mol. The number of hydrogen-bond donors (Lipinski definition) is 3. The number of fused-ring (bicyclic) bond motifs is 1. The summed E-state index contributed by atoms with van der Waals surface area (Å²) in [5, 5.41) is 12.7. The first-order chi connectivity index (χ1) is 16.4. The Morgan fingerprint density at radius 2 is 1.86 bits per heavy atom. The molecule has 0 unspecified atom stereocenters. The second-order valence-corrected chi connectivity index (χ2v) is 8.17. The van der Waals surface area contributed by atoms with E-state index in [1.807, 2.05) is 18.2 Å². The van der Waals surface area contributed by atoms with Crippen LogP contribution in [0.2, 0.25) is 0 Å². The van der Waals surface area contributed by atoms with E-state index in [0.29, 0.717) is 40.8 Å². The van der Waals surface area contributed by atoms with Crippen LogP contribution in [0.25, 0.3) is 16.8 Å². The topological polar surface area (TPSA) is 106 Å². The maximum Gasteiger partial charge on any atom is 0.416 e. The van der Waals surface area contributed by atoms with Crippen LogP contribution in [-0.2, 0) is 11.0 Å². The summed E-state index contributed by atoms with van der Waals surface area (Å²) in [7, 11) is 0. The number of anilines is 2. The highest BCUT2D eigenvalue weighted by Gasteiger charge is 2.32. The number of amides is 1. The minimum absolute atomic E-state index is 0.283. The second-order valence-electron chi connectivity index (χ2n) is 8.17. The third-order valence-corrected chi connectivity index (χ3v) is 5.59. The molecule has 2 heterocycles. The molecule has 35 heavy (non-hydrogen) atoms. The first-order valence-electron chi connectivity index (χ1n) is 10.4. The van der Waals surface area contributed by atoms with Crippen molar-refractivity contribution in [1.82, 2.24) is 14.4 Å². The number of nitrogen functional groups attached to an aromatic ring is 1. The lowest BCUT2D eigenvalue weighted by Gasteiger charge is -2.15. The largest absolute Gasteiger partial charge is 0.416 e. The van der Waals surface area contributed by atoms with Crippen molar-refractivity contribution < 1.29 is 27.5 Å². The van der Waals surface area contributed by atoms with Gasteiger partial charge in [0.1, 0.15) is 28.7 Å². The Kier molecular flexibility index (Phi) is 5.97. The molecule has 0 saturated carbocycles. The molecular weight excluding hydrogens is 466 g/mol. The number of aliphatic hydroxyl groups excluding tert-OH is 1. The smallest absolute Gasteiger partial charge is 0.382 e. The third-order valence-electron chi connectivity index (χ3n) is 5.59. The number of carbonyl (C=O) groups excluding carboxylic acids is 1. The third kappa shape index (κ3) is 4.54. The molecule has 4 aromatic rings. The quantitative estimate of drug-likeness (QED) is 0.361. The fourth-order valence-corrected chi connectivity index (χ4v) is 3.97. The monoisotopic (exact) mass is 487 g/mol. The van der Waals surface area contributed by atoms with Gasteiger partial charge in [-0.3, -0.25) is 9.20 Å². The normalized spacial score (nSPS) is 12.7. The van der Waals surface area contributed by atoms with Crippen LogP contribution < -0.4 is 11.1 Å². The van der Waals surface area contributed by atoms with Gasteiger partial charge in [-0.15, -0.1) is 0 Å². The number of aliphatic hydroxyl groups is 1. The van der Waals surface area contributed by atoms with Gasteiger partial charge in [-0.2, -0.15) is 13.2 Å². The molecule has 0 aliphatic carbocycles. The second kappa shape index (κ2) is 8.66. The van der Waals surface area contributed by atoms with E-state index in [4.69, 9.17) is 5.73 Å². The molecule has 0 bridgehead atoms. The van der Waals surface area contributed by atoms with Crippen LogP contribution in [0.4, 0.5) is 29.1 Å². The number of nitrogens with one attached hydrogen (secondary N) is 1. The lowest BCUT2D eigenvalue weighted by molar-refractivity contribution is -0.138. The van der Waals surface area contributed by atoms with Crippen LogP contribution in [0, 0.1) is 26.6 Å². The summed E-state index contributed by atoms with van der Waals surface area (Å²) in [5.74, 6) is -1.20. The SMILES string of the molecule is Cc1cc(NC(=O)[C@@H](O)c2cc(F)cc(C(F)(F)F)c2)ccc1-c1nc(C)n2c(C)cnc(N)c12. The molecule has 0 fully saturated rings. The van der Waals surface area contributed by atoms with Crippen molar-refractivity contribution in [3.8, 4) is 11.3 Å². The molecule has 0 spiro atoms. The molecule has 0 saturated heterocycles. The van der Waals surface area contributed by atoms with Gasteiger partial charge < -0.3 is 16.2 Å². The summed E-state index contributed by atoms with van der Waals surface area (Å²) in [5.41, 5.74) is 8.12. The minimum atomic E-state index is -4.83. The molecule has 182 valence electrons. The van der Waals surface area contributed by atoms with Gasteiger partial charge >= 0.3 is 6.18 Å². The van der Waals surface area contributed by atoms with E-state index in [9.17, 15) is 27.5 Å². The summed E-state index contributed by atoms with van der Waals surface area (Å²) >= 11 is 0. The molecule has 0 aliphatic rings. The van der Waals surface area contributed by atoms with Gasteiger partial charge in [0.2, 0.25) is 0 Å². The Balaban J connectivity index is 1.62. The molecule has 4 N–H and O–H groups in total. The highest BCUT2D eigenvalue weighted by Crippen LogP contribution is 2.34. The van der Waals surface area contributed by atoms with Crippen LogP contribution in [-0.4, -0.2) is 25.4 Å². The predicted octanol–water partition coefficient (Wildman–Crippen LogP) is 4.73. The summed E-state index contributed by atoms with van der Waals surface area (Å²) in [6.45, 7) is 5.50. The number of carbonyl (C=O) groups is 1. The van der Waals surface area contributed by atoms with Crippen molar-refractivity contribution in [3.05, 3.63) is 76.6 Å². The zero-order valence-corrected chi connectivity index (χ0v) is 18.9. The summed E-state index contributed by atoms with van der Waals surface area (Å²) < 4.78 is 54.4. The number of aryl methyl sites for hydroxylation is 3. The molecule has 11 heteroatoms. The first kappa shape index (κ1) is 24.1. The van der Waals surface area contributed by atoms with Crippen LogP contribution in [0.5, 0.6) is 0 Å². The number of halogens is 4. The predicted molar refractivity (Wildman–Crippen MR) is 122 cm³/mol. The number of nitrogens with zero attached hydrogens (tertiary/aromatic N) is 3. The number of aromatic nitrogens is 3. The fraction of sp³-hybridized carbons (Fsp3) is 0.208. The van der Waals surface area contributed by atoms with Gasteiger partial charge in [0.05, 0.1) is 5.56 Å². The van der Waals surface area contributed by atoms with E-state index in [-0.39, 0.29) is 5.69 Å². The van der Waals surface area contributed by atoms with Gasteiger partial charge in [-0.1, -0.05) is 6.07 Å². The number of rotatable bonds is 4. The molecule has 0 radical (unpaired) electrons. The van der Waals surface area contributed by atoms with Crippen molar-refractivity contribution >= 4 is 22.9 Å². The molecule has 4 rings (SSSR count). The zero-order valence-electron chi connectivity index (χ0n) is 18.9. The summed E-state index contributed by atoms with van der Waals surface area (Å²) in [6, 6.07) is 6.38. The van der Waals surface area contributed by atoms with Crippen LogP contribution >= 0.6 is 0 Å². The van der Waals surface area contributed by atoms with Crippen LogP contribution in [0.3, 0.4) is 0 Å². The van der Waals surface area contributed by atoms with E-state index in [2.05, 4.69) is 15.3 Å². The highest BCUT2D eigenvalue weighted by atomic mass is 19.4. The molecule has 2 aromatic carbocycles. The van der Waals surface area contributed by atoms with E-state index >= 15 is 0 Å². The summed E-state index contributed by atoms with van der Waals surface area (Å²) in [6.07, 6.45) is -5.19. The lowest BCUT2D eigenvalue weighted by atomic mass is 10.0. The van der Waals surface area contributed by atoms with Crippen molar-refractivity contribution in [2.24, 2.45) is 0 Å². The Morgan fingerprint density at radius 3 is 2.51 bits per heavy atom. The number of imidazole rings is 1. The van der Waals surface area contributed by atoms with Gasteiger partial charge in [0.15, 0.2) is 6.10 Å². The first-order valence-corrected chi connectivity index (χ1v) is 10.4.